The zero-order chi connectivity index (χ0) is 9.42. The van der Waals surface area contributed by atoms with Gasteiger partial charge in [-0.3, -0.25) is 0 Å². The summed E-state index contributed by atoms with van der Waals surface area (Å²) >= 11 is 0. The van der Waals surface area contributed by atoms with Gasteiger partial charge in [-0.2, -0.15) is 0 Å². The highest BCUT2D eigenvalue weighted by atomic mass is 16.3. The summed E-state index contributed by atoms with van der Waals surface area (Å²) in [6.45, 7) is 0. The Labute approximate surface area is 76.8 Å². The lowest BCUT2D eigenvalue weighted by molar-refractivity contribution is 0.133. The molecule has 0 saturated carbocycles. The van der Waals surface area contributed by atoms with Crippen molar-refractivity contribution in [3.05, 3.63) is 29.3 Å². The van der Waals surface area contributed by atoms with Crippen LogP contribution in [-0.4, -0.2) is 16.3 Å². The Bertz CT molecular complexity index is 325. The molecule has 1 aliphatic rings. The average molecular weight is 179 g/mol. The standard InChI is InChI=1S/C10H13NO2/c11-9-4-2-6-1-3-7(12)5-8(6)10(9)13/h1,3,5,9-10,12-13H,2,4,11H2/t9-,10-/m1/s1. The number of aliphatic hydroxyl groups is 1. The van der Waals surface area contributed by atoms with Gasteiger partial charge in [0.1, 0.15) is 5.75 Å². The molecule has 0 fully saturated rings. The van der Waals surface area contributed by atoms with Gasteiger partial charge in [-0.05, 0) is 36.1 Å². The topological polar surface area (TPSA) is 66.5 Å². The Morgan fingerprint density at radius 3 is 2.92 bits per heavy atom. The fraction of sp³-hybridized carbons (Fsp3) is 0.400. The number of phenolic OH excluding ortho intramolecular Hbond substituents is 1. The van der Waals surface area contributed by atoms with Gasteiger partial charge in [0, 0.05) is 6.04 Å². The van der Waals surface area contributed by atoms with Crippen LogP contribution in [0.1, 0.15) is 23.7 Å². The minimum atomic E-state index is -0.629. The molecule has 0 saturated heterocycles. The third kappa shape index (κ3) is 1.41. The van der Waals surface area contributed by atoms with Gasteiger partial charge in [0.2, 0.25) is 0 Å². The monoisotopic (exact) mass is 179 g/mol. The summed E-state index contributed by atoms with van der Waals surface area (Å²) in [4.78, 5) is 0. The second-order valence-electron chi connectivity index (χ2n) is 3.53. The van der Waals surface area contributed by atoms with Crippen LogP contribution >= 0.6 is 0 Å². The van der Waals surface area contributed by atoms with E-state index in [2.05, 4.69) is 0 Å². The maximum Gasteiger partial charge on any atom is 0.115 e. The molecule has 2 rings (SSSR count). The van der Waals surface area contributed by atoms with Gasteiger partial charge in [0.25, 0.3) is 0 Å². The molecule has 70 valence electrons. The summed E-state index contributed by atoms with van der Waals surface area (Å²) in [7, 11) is 0. The van der Waals surface area contributed by atoms with Crippen molar-refractivity contribution < 1.29 is 10.2 Å². The van der Waals surface area contributed by atoms with Crippen molar-refractivity contribution in [2.24, 2.45) is 5.73 Å². The molecular weight excluding hydrogens is 166 g/mol. The van der Waals surface area contributed by atoms with Crippen molar-refractivity contribution in [2.45, 2.75) is 25.0 Å². The van der Waals surface area contributed by atoms with Gasteiger partial charge < -0.3 is 15.9 Å². The van der Waals surface area contributed by atoms with E-state index in [1.165, 1.54) is 0 Å². The molecular formula is C10H13NO2. The molecule has 0 bridgehead atoms. The van der Waals surface area contributed by atoms with Crippen LogP contribution in [0.25, 0.3) is 0 Å². The SMILES string of the molecule is N[C@@H]1CCc2ccc(O)cc2[C@H]1O. The number of hydrogen-bond acceptors (Lipinski definition) is 3. The van der Waals surface area contributed by atoms with Gasteiger partial charge in [-0.25, -0.2) is 0 Å². The molecule has 1 aromatic rings. The van der Waals surface area contributed by atoms with E-state index in [1.807, 2.05) is 6.07 Å². The fourth-order valence-electron chi connectivity index (χ4n) is 1.80. The molecule has 0 heterocycles. The largest absolute Gasteiger partial charge is 0.508 e. The first-order valence-electron chi connectivity index (χ1n) is 4.44. The quantitative estimate of drug-likeness (QED) is 0.549. The van der Waals surface area contributed by atoms with Gasteiger partial charge in [-0.1, -0.05) is 6.07 Å². The Morgan fingerprint density at radius 1 is 1.38 bits per heavy atom. The van der Waals surface area contributed by atoms with Crippen molar-refractivity contribution in [1.29, 1.82) is 0 Å². The fourth-order valence-corrected chi connectivity index (χ4v) is 1.80. The summed E-state index contributed by atoms with van der Waals surface area (Å²) in [5.41, 5.74) is 7.58. The van der Waals surface area contributed by atoms with Gasteiger partial charge in [0.15, 0.2) is 0 Å². The van der Waals surface area contributed by atoms with Crippen LogP contribution in [0, 0.1) is 0 Å². The van der Waals surface area contributed by atoms with Crippen LogP contribution in [0.4, 0.5) is 0 Å². The Hall–Kier alpha value is -1.06. The van der Waals surface area contributed by atoms with E-state index in [9.17, 15) is 10.2 Å². The molecule has 0 spiro atoms. The van der Waals surface area contributed by atoms with Crippen LogP contribution in [0.5, 0.6) is 5.75 Å². The molecule has 0 unspecified atom stereocenters. The minimum absolute atomic E-state index is 0.187. The number of fused-ring (bicyclic) bond motifs is 1. The summed E-state index contributed by atoms with van der Waals surface area (Å²) in [6, 6.07) is 4.88. The van der Waals surface area contributed by atoms with Crippen LogP contribution in [0.3, 0.4) is 0 Å². The van der Waals surface area contributed by atoms with Gasteiger partial charge in [0.05, 0.1) is 6.10 Å². The second kappa shape index (κ2) is 3.01. The van der Waals surface area contributed by atoms with E-state index in [0.29, 0.717) is 0 Å². The van der Waals surface area contributed by atoms with Crippen molar-refractivity contribution in [3.8, 4) is 5.75 Å². The number of nitrogens with two attached hydrogens (primary N) is 1. The third-order valence-corrected chi connectivity index (χ3v) is 2.60. The van der Waals surface area contributed by atoms with Crippen LogP contribution in [-0.2, 0) is 6.42 Å². The smallest absolute Gasteiger partial charge is 0.115 e. The lowest BCUT2D eigenvalue weighted by Crippen LogP contribution is -2.32. The summed E-state index contributed by atoms with van der Waals surface area (Å²) in [6.07, 6.45) is 1.06. The normalized spacial score (nSPS) is 26.9. The summed E-state index contributed by atoms with van der Waals surface area (Å²) in [5, 5.41) is 19.0. The predicted octanol–water partition coefficient (Wildman–Crippen LogP) is 0.699. The highest BCUT2D eigenvalue weighted by Gasteiger charge is 2.24. The molecule has 3 heteroatoms. The van der Waals surface area contributed by atoms with Gasteiger partial charge >= 0.3 is 0 Å². The zero-order valence-electron chi connectivity index (χ0n) is 7.27. The highest BCUT2D eigenvalue weighted by Crippen LogP contribution is 2.31. The van der Waals surface area contributed by atoms with Crippen LogP contribution in [0.15, 0.2) is 18.2 Å². The molecule has 3 nitrogen and oxygen atoms in total. The molecule has 1 aliphatic carbocycles. The lowest BCUT2D eigenvalue weighted by atomic mass is 9.86. The van der Waals surface area contributed by atoms with Crippen LogP contribution in [0.2, 0.25) is 0 Å². The number of aryl methyl sites for hydroxylation is 1. The van der Waals surface area contributed by atoms with E-state index in [-0.39, 0.29) is 11.8 Å². The first kappa shape index (κ1) is 8.53. The van der Waals surface area contributed by atoms with Crippen molar-refractivity contribution in [1.82, 2.24) is 0 Å². The first-order valence-corrected chi connectivity index (χ1v) is 4.44. The molecule has 0 radical (unpaired) electrons. The maximum atomic E-state index is 9.72. The number of aliphatic hydroxyl groups excluding tert-OH is 1. The molecule has 0 aromatic heterocycles. The minimum Gasteiger partial charge on any atom is -0.508 e. The number of hydrogen-bond donors (Lipinski definition) is 3. The number of aromatic hydroxyl groups is 1. The maximum absolute atomic E-state index is 9.72. The van der Waals surface area contributed by atoms with E-state index >= 15 is 0 Å². The number of rotatable bonds is 0. The van der Waals surface area contributed by atoms with Crippen LogP contribution < -0.4 is 5.73 Å². The summed E-state index contributed by atoms with van der Waals surface area (Å²) < 4.78 is 0. The molecule has 2 atom stereocenters. The molecule has 0 amide bonds. The predicted molar refractivity (Wildman–Crippen MR) is 49.4 cm³/mol. The first-order chi connectivity index (χ1) is 6.18. The molecule has 13 heavy (non-hydrogen) atoms. The van der Waals surface area contributed by atoms with Gasteiger partial charge in [-0.15, -0.1) is 0 Å². The highest BCUT2D eigenvalue weighted by molar-refractivity contribution is 5.38. The third-order valence-electron chi connectivity index (χ3n) is 2.60. The molecule has 4 N–H and O–H groups in total. The molecule has 0 aliphatic heterocycles. The zero-order valence-corrected chi connectivity index (χ0v) is 7.27. The average Bonchev–Trinajstić information content (AvgIpc) is 2.12. The van der Waals surface area contributed by atoms with Crippen molar-refractivity contribution in [2.75, 3.05) is 0 Å². The van der Waals surface area contributed by atoms with E-state index < -0.39 is 6.10 Å². The number of phenols is 1. The van der Waals surface area contributed by atoms with Crippen molar-refractivity contribution >= 4 is 0 Å². The Balaban J connectivity index is 2.45. The Morgan fingerprint density at radius 2 is 2.15 bits per heavy atom. The van der Waals surface area contributed by atoms with Crippen molar-refractivity contribution in [3.63, 3.8) is 0 Å². The second-order valence-corrected chi connectivity index (χ2v) is 3.53. The number of benzene rings is 1. The van der Waals surface area contributed by atoms with E-state index in [0.717, 1.165) is 24.0 Å². The Kier molecular flexibility index (Phi) is 1.98. The van der Waals surface area contributed by atoms with E-state index in [1.54, 1.807) is 12.1 Å². The summed E-state index contributed by atoms with van der Waals surface area (Å²) in [5.74, 6) is 0.187. The lowest BCUT2D eigenvalue weighted by Gasteiger charge is -2.27. The van der Waals surface area contributed by atoms with E-state index in [4.69, 9.17) is 5.73 Å². The molecule has 1 aromatic carbocycles.